The number of hydrogen-bond acceptors (Lipinski definition) is 5. The Hall–Kier alpha value is -1.58. The molecule has 0 atom stereocenters. The number of sulfonamides is 1. The van der Waals surface area contributed by atoms with E-state index in [4.69, 9.17) is 0 Å². The standard InChI is InChI=1S/C17H23N3O4S2/c1-13-6-8-20(9-7-13)26(23,24)15-4-2-14(3-5-15)18-16(21)12-19-10-11-25-17(19)22/h2-5,13H,6-12H2,1H3,(H,18,21). The Morgan fingerprint density at radius 1 is 1.19 bits per heavy atom. The molecular weight excluding hydrogens is 374 g/mol. The van der Waals surface area contributed by atoms with Gasteiger partial charge in [-0.2, -0.15) is 4.31 Å². The van der Waals surface area contributed by atoms with Crippen LogP contribution in [-0.2, 0) is 14.8 Å². The number of carbonyl (C=O) groups excluding carboxylic acids is 2. The van der Waals surface area contributed by atoms with E-state index in [1.807, 2.05) is 0 Å². The maximum absolute atomic E-state index is 12.7. The number of anilines is 1. The van der Waals surface area contributed by atoms with Gasteiger partial charge in [0.1, 0.15) is 6.54 Å². The first kappa shape index (κ1) is 19.2. The van der Waals surface area contributed by atoms with E-state index in [0.717, 1.165) is 12.8 Å². The van der Waals surface area contributed by atoms with Crippen molar-refractivity contribution in [1.82, 2.24) is 9.21 Å². The zero-order valence-electron chi connectivity index (χ0n) is 14.7. The first-order valence-electron chi connectivity index (χ1n) is 8.68. The van der Waals surface area contributed by atoms with Crippen molar-refractivity contribution < 1.29 is 18.0 Å². The molecule has 142 valence electrons. The minimum Gasteiger partial charge on any atom is -0.325 e. The zero-order chi connectivity index (χ0) is 18.7. The van der Waals surface area contributed by atoms with Gasteiger partial charge in [-0.1, -0.05) is 18.7 Å². The fourth-order valence-electron chi connectivity index (χ4n) is 3.03. The first-order chi connectivity index (χ1) is 12.4. The second-order valence-electron chi connectivity index (χ2n) is 6.70. The number of hydrogen-bond donors (Lipinski definition) is 1. The maximum atomic E-state index is 12.7. The second-order valence-corrected chi connectivity index (χ2v) is 9.68. The lowest BCUT2D eigenvalue weighted by molar-refractivity contribution is -0.116. The number of nitrogens with zero attached hydrogens (tertiary/aromatic N) is 2. The lowest BCUT2D eigenvalue weighted by atomic mass is 10.0. The predicted molar refractivity (Wildman–Crippen MR) is 102 cm³/mol. The smallest absolute Gasteiger partial charge is 0.282 e. The van der Waals surface area contributed by atoms with Crippen LogP contribution in [0.3, 0.4) is 0 Å². The van der Waals surface area contributed by atoms with Crippen molar-refractivity contribution in [1.29, 1.82) is 0 Å². The van der Waals surface area contributed by atoms with Crippen LogP contribution in [-0.4, -0.2) is 60.7 Å². The second kappa shape index (κ2) is 7.98. The summed E-state index contributed by atoms with van der Waals surface area (Å²) in [6.07, 6.45) is 1.75. The zero-order valence-corrected chi connectivity index (χ0v) is 16.3. The van der Waals surface area contributed by atoms with E-state index in [-0.39, 0.29) is 22.6 Å². The summed E-state index contributed by atoms with van der Waals surface area (Å²) >= 11 is 1.21. The Morgan fingerprint density at radius 3 is 2.42 bits per heavy atom. The van der Waals surface area contributed by atoms with Crippen LogP contribution >= 0.6 is 11.8 Å². The summed E-state index contributed by atoms with van der Waals surface area (Å²) in [5.74, 6) is 0.968. The van der Waals surface area contributed by atoms with Crippen LogP contribution in [0.5, 0.6) is 0 Å². The number of carbonyl (C=O) groups is 2. The molecule has 0 spiro atoms. The number of amides is 2. The third-order valence-corrected chi connectivity index (χ3v) is 7.50. The van der Waals surface area contributed by atoms with Gasteiger partial charge in [0.2, 0.25) is 15.9 Å². The Bertz CT molecular complexity index is 772. The number of thioether (sulfide) groups is 1. The average molecular weight is 398 g/mol. The Morgan fingerprint density at radius 2 is 1.85 bits per heavy atom. The highest BCUT2D eigenvalue weighted by molar-refractivity contribution is 8.13. The van der Waals surface area contributed by atoms with Gasteiger partial charge in [0, 0.05) is 31.1 Å². The third-order valence-electron chi connectivity index (χ3n) is 4.70. The quantitative estimate of drug-likeness (QED) is 0.823. The highest BCUT2D eigenvalue weighted by Crippen LogP contribution is 2.24. The molecule has 2 amide bonds. The van der Waals surface area contributed by atoms with Gasteiger partial charge in [0.15, 0.2) is 0 Å². The number of nitrogens with one attached hydrogen (secondary N) is 1. The third kappa shape index (κ3) is 4.39. The van der Waals surface area contributed by atoms with Gasteiger partial charge in [-0.3, -0.25) is 9.59 Å². The summed E-state index contributed by atoms with van der Waals surface area (Å²) in [7, 11) is -3.49. The van der Waals surface area contributed by atoms with Gasteiger partial charge in [-0.05, 0) is 43.0 Å². The Labute approximate surface area is 158 Å². The highest BCUT2D eigenvalue weighted by Gasteiger charge is 2.28. The molecule has 0 radical (unpaired) electrons. The van der Waals surface area contributed by atoms with E-state index in [2.05, 4.69) is 12.2 Å². The van der Waals surface area contributed by atoms with Crippen molar-refractivity contribution in [3.05, 3.63) is 24.3 Å². The molecule has 1 aromatic carbocycles. The van der Waals surface area contributed by atoms with E-state index < -0.39 is 10.0 Å². The van der Waals surface area contributed by atoms with E-state index in [1.165, 1.54) is 33.1 Å². The topological polar surface area (TPSA) is 86.8 Å². The van der Waals surface area contributed by atoms with Gasteiger partial charge < -0.3 is 10.2 Å². The fourth-order valence-corrected chi connectivity index (χ4v) is 5.32. The van der Waals surface area contributed by atoms with Crippen molar-refractivity contribution in [3.8, 4) is 0 Å². The van der Waals surface area contributed by atoms with Crippen molar-refractivity contribution in [2.75, 3.05) is 37.2 Å². The Kier molecular flexibility index (Phi) is 5.89. The molecule has 2 saturated heterocycles. The van der Waals surface area contributed by atoms with Crippen molar-refractivity contribution >= 4 is 38.6 Å². The molecule has 0 aliphatic carbocycles. The van der Waals surface area contributed by atoms with Gasteiger partial charge in [0.05, 0.1) is 4.90 Å². The molecule has 2 fully saturated rings. The number of benzene rings is 1. The largest absolute Gasteiger partial charge is 0.325 e. The molecular formula is C17H23N3O4S2. The summed E-state index contributed by atoms with van der Waals surface area (Å²) in [5, 5.41) is 2.62. The SMILES string of the molecule is CC1CCN(S(=O)(=O)c2ccc(NC(=O)CN3CCSC3=O)cc2)CC1. The van der Waals surface area contributed by atoms with Crippen LogP contribution in [0, 0.1) is 5.92 Å². The molecule has 0 unspecified atom stereocenters. The van der Waals surface area contributed by atoms with Gasteiger partial charge in [-0.25, -0.2) is 8.42 Å². The number of rotatable bonds is 5. The molecule has 2 aliphatic rings. The van der Waals surface area contributed by atoms with Gasteiger partial charge in [0.25, 0.3) is 5.24 Å². The maximum Gasteiger partial charge on any atom is 0.282 e. The van der Waals surface area contributed by atoms with Crippen LogP contribution in [0.25, 0.3) is 0 Å². The summed E-state index contributed by atoms with van der Waals surface area (Å²) in [6.45, 7) is 3.81. The minimum absolute atomic E-state index is 0.0118. The summed E-state index contributed by atoms with van der Waals surface area (Å²) in [5.41, 5.74) is 0.514. The van der Waals surface area contributed by atoms with Crippen molar-refractivity contribution in [2.45, 2.75) is 24.7 Å². The lowest BCUT2D eigenvalue weighted by Gasteiger charge is -2.29. The molecule has 9 heteroatoms. The molecule has 26 heavy (non-hydrogen) atoms. The van der Waals surface area contributed by atoms with E-state index in [9.17, 15) is 18.0 Å². The normalized spacial score (nSPS) is 19.7. The lowest BCUT2D eigenvalue weighted by Crippen LogP contribution is -2.37. The van der Waals surface area contributed by atoms with Crippen LogP contribution in [0.4, 0.5) is 10.5 Å². The summed E-state index contributed by atoms with van der Waals surface area (Å²) < 4.78 is 26.9. The van der Waals surface area contributed by atoms with E-state index in [0.29, 0.717) is 37.0 Å². The molecule has 2 aliphatic heterocycles. The van der Waals surface area contributed by atoms with Crippen LogP contribution in [0.2, 0.25) is 0 Å². The Balaban J connectivity index is 1.61. The average Bonchev–Trinajstić information content (AvgIpc) is 3.00. The fraction of sp³-hybridized carbons (Fsp3) is 0.529. The van der Waals surface area contributed by atoms with Crippen LogP contribution in [0.15, 0.2) is 29.2 Å². The van der Waals surface area contributed by atoms with E-state index >= 15 is 0 Å². The van der Waals surface area contributed by atoms with Gasteiger partial charge >= 0.3 is 0 Å². The molecule has 0 aromatic heterocycles. The number of piperidine rings is 1. The predicted octanol–water partition coefficient (Wildman–Crippen LogP) is 2.21. The van der Waals surface area contributed by atoms with Crippen LogP contribution in [0.1, 0.15) is 19.8 Å². The molecule has 0 bridgehead atoms. The van der Waals surface area contributed by atoms with Crippen LogP contribution < -0.4 is 5.32 Å². The molecule has 1 N–H and O–H groups in total. The van der Waals surface area contributed by atoms with Crippen molar-refractivity contribution in [2.24, 2.45) is 5.92 Å². The molecule has 2 heterocycles. The molecule has 7 nitrogen and oxygen atoms in total. The van der Waals surface area contributed by atoms with Gasteiger partial charge in [-0.15, -0.1) is 0 Å². The minimum atomic E-state index is -3.49. The molecule has 3 rings (SSSR count). The van der Waals surface area contributed by atoms with Crippen molar-refractivity contribution in [3.63, 3.8) is 0 Å². The summed E-state index contributed by atoms with van der Waals surface area (Å²) in [4.78, 5) is 25.3. The first-order valence-corrected chi connectivity index (χ1v) is 11.1. The highest BCUT2D eigenvalue weighted by atomic mass is 32.2. The monoisotopic (exact) mass is 397 g/mol. The molecule has 1 aromatic rings. The van der Waals surface area contributed by atoms with E-state index in [1.54, 1.807) is 12.1 Å². The molecule has 0 saturated carbocycles. The summed E-state index contributed by atoms with van der Waals surface area (Å²) in [6, 6.07) is 6.19.